The summed E-state index contributed by atoms with van der Waals surface area (Å²) in [5.74, 6) is -0.334. The van der Waals surface area contributed by atoms with E-state index in [-0.39, 0.29) is 17.9 Å². The minimum Gasteiger partial charge on any atom is -0.380 e. The third-order valence-electron chi connectivity index (χ3n) is 5.34. The maximum absolute atomic E-state index is 13.4. The van der Waals surface area contributed by atoms with Crippen LogP contribution in [0, 0.1) is 0 Å². The van der Waals surface area contributed by atoms with Gasteiger partial charge in [0.25, 0.3) is 5.91 Å². The van der Waals surface area contributed by atoms with Gasteiger partial charge in [0.1, 0.15) is 6.04 Å². The number of rotatable bonds is 6. The van der Waals surface area contributed by atoms with E-state index >= 15 is 0 Å². The molecule has 5 heteroatoms. The Labute approximate surface area is 176 Å². The zero-order chi connectivity index (χ0) is 20.8. The lowest BCUT2D eigenvalue weighted by atomic mass is 10.0. The van der Waals surface area contributed by atoms with E-state index < -0.39 is 6.04 Å². The number of amides is 2. The molecule has 5 nitrogen and oxygen atoms in total. The molecule has 2 N–H and O–H groups in total. The van der Waals surface area contributed by atoms with Crippen LogP contribution in [0.1, 0.15) is 28.4 Å². The Kier molecular flexibility index (Phi) is 6.09. The minimum atomic E-state index is -0.714. The first-order valence-corrected chi connectivity index (χ1v) is 10.2. The van der Waals surface area contributed by atoms with Gasteiger partial charge in [-0.2, -0.15) is 0 Å². The standard InChI is InChI=1S/C25H25N3O2/c29-24(20-12-6-2-7-13-20)27-23(19-10-4-1-5-11-19)25(30)28-17-16-22(18-28)26-21-14-8-3-9-15-21/h1-15,22-23,26H,16-18H2,(H,27,29). The molecule has 152 valence electrons. The number of hydrogen-bond donors (Lipinski definition) is 2. The monoisotopic (exact) mass is 399 g/mol. The molecule has 4 rings (SSSR count). The molecular weight excluding hydrogens is 374 g/mol. The number of benzene rings is 3. The van der Waals surface area contributed by atoms with Gasteiger partial charge in [-0.25, -0.2) is 0 Å². The number of carbonyl (C=O) groups is 2. The zero-order valence-corrected chi connectivity index (χ0v) is 16.7. The Bertz CT molecular complexity index is 977. The van der Waals surface area contributed by atoms with Gasteiger partial charge in [-0.05, 0) is 36.2 Å². The third-order valence-corrected chi connectivity index (χ3v) is 5.34. The molecule has 0 radical (unpaired) electrons. The molecule has 2 amide bonds. The smallest absolute Gasteiger partial charge is 0.252 e. The molecule has 0 bridgehead atoms. The van der Waals surface area contributed by atoms with E-state index in [1.807, 2.05) is 83.8 Å². The van der Waals surface area contributed by atoms with Gasteiger partial charge in [0, 0.05) is 30.4 Å². The van der Waals surface area contributed by atoms with Crippen molar-refractivity contribution >= 4 is 17.5 Å². The maximum Gasteiger partial charge on any atom is 0.252 e. The van der Waals surface area contributed by atoms with Crippen LogP contribution in [0.4, 0.5) is 5.69 Å². The fourth-order valence-corrected chi connectivity index (χ4v) is 3.77. The highest BCUT2D eigenvalue weighted by atomic mass is 16.2. The first kappa shape index (κ1) is 19.7. The fourth-order valence-electron chi connectivity index (χ4n) is 3.77. The molecule has 0 aromatic heterocycles. The van der Waals surface area contributed by atoms with Crippen LogP contribution in [0.15, 0.2) is 91.0 Å². The molecule has 3 aromatic carbocycles. The molecule has 1 aliphatic heterocycles. The van der Waals surface area contributed by atoms with E-state index in [1.165, 1.54) is 0 Å². The summed E-state index contributed by atoms with van der Waals surface area (Å²) in [4.78, 5) is 28.0. The number of carbonyl (C=O) groups excluding carboxylic acids is 2. The van der Waals surface area contributed by atoms with Crippen molar-refractivity contribution in [2.45, 2.75) is 18.5 Å². The molecule has 3 aromatic rings. The summed E-state index contributed by atoms with van der Waals surface area (Å²) >= 11 is 0. The summed E-state index contributed by atoms with van der Waals surface area (Å²) in [5.41, 5.74) is 2.37. The second-order valence-electron chi connectivity index (χ2n) is 7.46. The predicted octanol–water partition coefficient (Wildman–Crippen LogP) is 3.87. The van der Waals surface area contributed by atoms with Crippen molar-refractivity contribution in [2.75, 3.05) is 18.4 Å². The summed E-state index contributed by atoms with van der Waals surface area (Å²) < 4.78 is 0. The van der Waals surface area contributed by atoms with Crippen LogP contribution < -0.4 is 10.6 Å². The molecule has 1 saturated heterocycles. The van der Waals surface area contributed by atoms with Crippen molar-refractivity contribution in [1.82, 2.24) is 10.2 Å². The average molecular weight is 399 g/mol. The largest absolute Gasteiger partial charge is 0.380 e. The number of anilines is 1. The summed E-state index contributed by atoms with van der Waals surface area (Å²) in [6.07, 6.45) is 0.870. The molecule has 0 spiro atoms. The van der Waals surface area contributed by atoms with E-state index in [2.05, 4.69) is 10.6 Å². The van der Waals surface area contributed by atoms with E-state index in [9.17, 15) is 9.59 Å². The highest BCUT2D eigenvalue weighted by molar-refractivity contribution is 5.97. The molecule has 1 fully saturated rings. The topological polar surface area (TPSA) is 61.4 Å². The highest BCUT2D eigenvalue weighted by Gasteiger charge is 2.32. The second-order valence-corrected chi connectivity index (χ2v) is 7.46. The van der Waals surface area contributed by atoms with Crippen LogP contribution in [-0.2, 0) is 4.79 Å². The number of hydrogen-bond acceptors (Lipinski definition) is 3. The van der Waals surface area contributed by atoms with Crippen molar-refractivity contribution in [1.29, 1.82) is 0 Å². The summed E-state index contributed by atoms with van der Waals surface area (Å²) in [6, 6.07) is 27.9. The minimum absolute atomic E-state index is 0.0807. The Morgan fingerprint density at radius 3 is 2.10 bits per heavy atom. The molecule has 1 aliphatic rings. The molecule has 2 atom stereocenters. The zero-order valence-electron chi connectivity index (χ0n) is 16.7. The van der Waals surface area contributed by atoms with Crippen LogP contribution in [0.25, 0.3) is 0 Å². The summed E-state index contributed by atoms with van der Waals surface area (Å²) in [6.45, 7) is 1.27. The Balaban J connectivity index is 1.48. The van der Waals surface area contributed by atoms with Crippen molar-refractivity contribution in [2.24, 2.45) is 0 Å². The van der Waals surface area contributed by atoms with Gasteiger partial charge in [-0.1, -0.05) is 66.7 Å². The van der Waals surface area contributed by atoms with E-state index in [0.29, 0.717) is 18.7 Å². The van der Waals surface area contributed by atoms with E-state index in [1.54, 1.807) is 12.1 Å². The number of nitrogens with zero attached hydrogens (tertiary/aromatic N) is 1. The Hall–Kier alpha value is -3.60. The highest BCUT2D eigenvalue weighted by Crippen LogP contribution is 2.22. The molecule has 30 heavy (non-hydrogen) atoms. The van der Waals surface area contributed by atoms with Crippen LogP contribution in [0.3, 0.4) is 0 Å². The van der Waals surface area contributed by atoms with E-state index in [4.69, 9.17) is 0 Å². The van der Waals surface area contributed by atoms with Crippen molar-refractivity contribution < 1.29 is 9.59 Å². The molecular formula is C25H25N3O2. The fraction of sp³-hybridized carbons (Fsp3) is 0.200. The van der Waals surface area contributed by atoms with Gasteiger partial charge in [0.05, 0.1) is 0 Å². The number of likely N-dealkylation sites (tertiary alicyclic amines) is 1. The van der Waals surface area contributed by atoms with Crippen LogP contribution in [0.2, 0.25) is 0 Å². The quantitative estimate of drug-likeness (QED) is 0.661. The van der Waals surface area contributed by atoms with Crippen molar-refractivity contribution in [3.05, 3.63) is 102 Å². The van der Waals surface area contributed by atoms with Gasteiger partial charge in [0.15, 0.2) is 0 Å². The van der Waals surface area contributed by atoms with Crippen molar-refractivity contribution in [3.8, 4) is 0 Å². The number of nitrogens with one attached hydrogen (secondary N) is 2. The third kappa shape index (κ3) is 4.69. The van der Waals surface area contributed by atoms with Crippen LogP contribution in [-0.4, -0.2) is 35.8 Å². The van der Waals surface area contributed by atoms with Gasteiger partial charge < -0.3 is 15.5 Å². The first-order chi connectivity index (χ1) is 14.7. The molecule has 1 heterocycles. The number of para-hydroxylation sites is 1. The maximum atomic E-state index is 13.4. The van der Waals surface area contributed by atoms with E-state index in [0.717, 1.165) is 17.7 Å². The van der Waals surface area contributed by atoms with Gasteiger partial charge >= 0.3 is 0 Å². The molecule has 0 aliphatic carbocycles. The normalized spacial score (nSPS) is 16.7. The lowest BCUT2D eigenvalue weighted by Gasteiger charge is -2.25. The van der Waals surface area contributed by atoms with Gasteiger partial charge in [0.2, 0.25) is 5.91 Å². The second kappa shape index (κ2) is 9.27. The first-order valence-electron chi connectivity index (χ1n) is 10.2. The van der Waals surface area contributed by atoms with Gasteiger partial charge in [-0.15, -0.1) is 0 Å². The molecule has 0 saturated carbocycles. The lowest BCUT2D eigenvalue weighted by molar-refractivity contribution is -0.132. The Morgan fingerprint density at radius 2 is 1.43 bits per heavy atom. The predicted molar refractivity (Wildman–Crippen MR) is 118 cm³/mol. The summed E-state index contributed by atoms with van der Waals surface area (Å²) in [5, 5.41) is 6.43. The lowest BCUT2D eigenvalue weighted by Crippen LogP contribution is -2.42. The van der Waals surface area contributed by atoms with Crippen LogP contribution in [0.5, 0.6) is 0 Å². The van der Waals surface area contributed by atoms with Crippen molar-refractivity contribution in [3.63, 3.8) is 0 Å². The SMILES string of the molecule is O=C(NC(C(=O)N1CCC(Nc2ccccc2)C1)c1ccccc1)c1ccccc1. The van der Waals surface area contributed by atoms with Crippen LogP contribution >= 0.6 is 0 Å². The summed E-state index contributed by atoms with van der Waals surface area (Å²) in [7, 11) is 0. The van der Waals surface area contributed by atoms with Gasteiger partial charge in [-0.3, -0.25) is 9.59 Å². The average Bonchev–Trinajstić information content (AvgIpc) is 3.27. The Morgan fingerprint density at radius 1 is 0.833 bits per heavy atom. The molecule has 2 unspecified atom stereocenters.